The van der Waals surface area contributed by atoms with Crippen LogP contribution >= 0.6 is 22.9 Å². The van der Waals surface area contributed by atoms with Crippen molar-refractivity contribution >= 4 is 28.8 Å². The summed E-state index contributed by atoms with van der Waals surface area (Å²) in [5.74, 6) is 0.104. The summed E-state index contributed by atoms with van der Waals surface area (Å²) in [7, 11) is 0. The quantitative estimate of drug-likeness (QED) is 0.740. The number of benzene rings is 1. The Hall–Kier alpha value is -1.40. The van der Waals surface area contributed by atoms with Gasteiger partial charge in [0.05, 0.1) is 19.3 Å². The van der Waals surface area contributed by atoms with Gasteiger partial charge in [-0.2, -0.15) is 0 Å². The van der Waals surface area contributed by atoms with Gasteiger partial charge in [-0.05, 0) is 35.9 Å². The molecular weight excluding hydrogens is 368 g/mol. The lowest BCUT2D eigenvalue weighted by Crippen LogP contribution is -2.43. The van der Waals surface area contributed by atoms with Crippen LogP contribution < -0.4 is 5.32 Å². The van der Waals surface area contributed by atoms with E-state index in [0.29, 0.717) is 13.0 Å². The third-order valence-electron chi connectivity index (χ3n) is 4.65. The fourth-order valence-corrected chi connectivity index (χ4v) is 4.26. The summed E-state index contributed by atoms with van der Waals surface area (Å²) in [5.41, 5.74) is 1.06. The van der Waals surface area contributed by atoms with E-state index in [2.05, 4.69) is 27.7 Å². The van der Waals surface area contributed by atoms with E-state index < -0.39 is 0 Å². The molecule has 0 radical (unpaired) electrons. The number of thiophene rings is 1. The molecule has 2 heterocycles. The number of carbonyl (C=O) groups excluding carboxylic acids is 1. The molecule has 0 bridgehead atoms. The van der Waals surface area contributed by atoms with Crippen LogP contribution in [0.2, 0.25) is 5.02 Å². The molecule has 2 aromatic rings. The lowest BCUT2D eigenvalue weighted by atomic mass is 10.0. The summed E-state index contributed by atoms with van der Waals surface area (Å²) in [6, 6.07) is 12.1. The van der Waals surface area contributed by atoms with Gasteiger partial charge in [0.2, 0.25) is 5.91 Å². The van der Waals surface area contributed by atoms with E-state index in [9.17, 15) is 4.79 Å². The topological polar surface area (TPSA) is 41.6 Å². The minimum atomic E-state index is 0.0776. The number of rotatable bonds is 8. The number of amides is 1. The number of aryl methyl sites for hydroxylation is 1. The number of hydrogen-bond acceptors (Lipinski definition) is 4. The molecule has 3 rings (SSSR count). The molecule has 1 aromatic carbocycles. The summed E-state index contributed by atoms with van der Waals surface area (Å²) in [5, 5.41) is 5.93. The molecule has 1 fully saturated rings. The second-order valence-corrected chi connectivity index (χ2v) is 7.86. The van der Waals surface area contributed by atoms with Crippen LogP contribution in [0.25, 0.3) is 0 Å². The molecule has 0 aliphatic carbocycles. The minimum absolute atomic E-state index is 0.0776. The Morgan fingerprint density at radius 3 is 2.77 bits per heavy atom. The van der Waals surface area contributed by atoms with Gasteiger partial charge in [-0.3, -0.25) is 9.69 Å². The van der Waals surface area contributed by atoms with E-state index in [4.69, 9.17) is 16.3 Å². The van der Waals surface area contributed by atoms with E-state index in [1.54, 1.807) is 11.3 Å². The van der Waals surface area contributed by atoms with Crippen molar-refractivity contribution in [3.63, 3.8) is 0 Å². The predicted molar refractivity (Wildman–Crippen MR) is 107 cm³/mol. The second kappa shape index (κ2) is 10.1. The van der Waals surface area contributed by atoms with Crippen LogP contribution in [-0.2, 0) is 16.0 Å². The molecule has 1 amide bonds. The average molecular weight is 393 g/mol. The van der Waals surface area contributed by atoms with Crippen LogP contribution in [0.15, 0.2) is 41.8 Å². The van der Waals surface area contributed by atoms with Crippen molar-refractivity contribution in [2.75, 3.05) is 32.8 Å². The van der Waals surface area contributed by atoms with Gasteiger partial charge in [0.25, 0.3) is 0 Å². The van der Waals surface area contributed by atoms with Gasteiger partial charge in [-0.25, -0.2) is 0 Å². The van der Waals surface area contributed by atoms with Crippen LogP contribution in [0.1, 0.15) is 29.3 Å². The molecular formula is C20H25ClN2O2S. The molecule has 1 aliphatic heterocycles. The van der Waals surface area contributed by atoms with E-state index in [1.165, 1.54) is 4.88 Å². The molecule has 140 valence electrons. The molecule has 0 unspecified atom stereocenters. The maximum atomic E-state index is 12.3. The van der Waals surface area contributed by atoms with Gasteiger partial charge >= 0.3 is 0 Å². The van der Waals surface area contributed by atoms with Crippen LogP contribution in [0, 0.1) is 0 Å². The van der Waals surface area contributed by atoms with Crippen molar-refractivity contribution in [3.8, 4) is 0 Å². The van der Waals surface area contributed by atoms with Crippen LogP contribution in [0.5, 0.6) is 0 Å². The molecule has 1 aromatic heterocycles. The zero-order chi connectivity index (χ0) is 18.2. The molecule has 26 heavy (non-hydrogen) atoms. The van der Waals surface area contributed by atoms with E-state index in [-0.39, 0.29) is 11.9 Å². The van der Waals surface area contributed by atoms with Crippen molar-refractivity contribution in [1.82, 2.24) is 10.2 Å². The predicted octanol–water partition coefficient (Wildman–Crippen LogP) is 3.91. The van der Waals surface area contributed by atoms with Gasteiger partial charge in [-0.1, -0.05) is 35.9 Å². The SMILES string of the molecule is O=C(CCCc1cccs1)NC[C@H](c1ccccc1Cl)N1CCOCC1. The number of ether oxygens (including phenoxy) is 1. The smallest absolute Gasteiger partial charge is 0.220 e. The average Bonchev–Trinajstić information content (AvgIpc) is 3.18. The van der Waals surface area contributed by atoms with Crippen molar-refractivity contribution in [1.29, 1.82) is 0 Å². The van der Waals surface area contributed by atoms with Crippen LogP contribution in [0.4, 0.5) is 0 Å². The van der Waals surface area contributed by atoms with Crippen molar-refractivity contribution in [3.05, 3.63) is 57.2 Å². The van der Waals surface area contributed by atoms with Gasteiger partial charge < -0.3 is 10.1 Å². The Kier molecular flexibility index (Phi) is 7.50. The Balaban J connectivity index is 1.55. The van der Waals surface area contributed by atoms with Gasteiger partial charge in [-0.15, -0.1) is 11.3 Å². The van der Waals surface area contributed by atoms with Gasteiger partial charge in [0.15, 0.2) is 0 Å². The summed E-state index contributed by atoms with van der Waals surface area (Å²) in [4.78, 5) is 16.0. The fourth-order valence-electron chi connectivity index (χ4n) is 3.25. The first-order valence-corrected chi connectivity index (χ1v) is 10.3. The second-order valence-electron chi connectivity index (χ2n) is 6.42. The number of halogens is 1. The first kappa shape index (κ1) is 19.4. The highest BCUT2D eigenvalue weighted by atomic mass is 35.5. The molecule has 4 nitrogen and oxygen atoms in total. The number of hydrogen-bond donors (Lipinski definition) is 1. The number of nitrogens with zero attached hydrogens (tertiary/aromatic N) is 1. The van der Waals surface area contributed by atoms with Crippen molar-refractivity contribution in [2.24, 2.45) is 0 Å². The molecule has 0 spiro atoms. The zero-order valence-corrected chi connectivity index (χ0v) is 16.4. The summed E-state index contributed by atoms with van der Waals surface area (Å²) >= 11 is 8.17. The summed E-state index contributed by atoms with van der Waals surface area (Å²) in [6.07, 6.45) is 2.39. The first-order chi connectivity index (χ1) is 12.7. The first-order valence-electron chi connectivity index (χ1n) is 9.09. The minimum Gasteiger partial charge on any atom is -0.379 e. The van der Waals surface area contributed by atoms with E-state index >= 15 is 0 Å². The molecule has 6 heteroatoms. The van der Waals surface area contributed by atoms with Gasteiger partial charge in [0.1, 0.15) is 0 Å². The van der Waals surface area contributed by atoms with Crippen LogP contribution in [0.3, 0.4) is 0 Å². The largest absolute Gasteiger partial charge is 0.379 e. The standard InChI is InChI=1S/C20H25ClN2O2S/c21-18-8-2-1-7-17(18)19(23-10-12-25-13-11-23)15-22-20(24)9-3-5-16-6-4-14-26-16/h1-2,4,6-8,14,19H,3,5,9-13,15H2,(H,22,24)/t19-/m1/s1. The molecule has 0 saturated carbocycles. The summed E-state index contributed by atoms with van der Waals surface area (Å²) in [6.45, 7) is 3.71. The van der Waals surface area contributed by atoms with E-state index in [1.807, 2.05) is 24.3 Å². The Labute approximate surface area is 164 Å². The Bertz CT molecular complexity index is 687. The lowest BCUT2D eigenvalue weighted by molar-refractivity contribution is -0.121. The maximum absolute atomic E-state index is 12.3. The third kappa shape index (κ3) is 5.55. The Morgan fingerprint density at radius 2 is 2.04 bits per heavy atom. The highest BCUT2D eigenvalue weighted by molar-refractivity contribution is 7.09. The normalized spacial score (nSPS) is 16.3. The summed E-state index contributed by atoms with van der Waals surface area (Å²) < 4.78 is 5.47. The Morgan fingerprint density at radius 1 is 1.23 bits per heavy atom. The monoisotopic (exact) mass is 392 g/mol. The number of carbonyl (C=O) groups is 1. The van der Waals surface area contributed by atoms with Crippen molar-refractivity contribution < 1.29 is 9.53 Å². The number of morpholine rings is 1. The molecule has 1 N–H and O–H groups in total. The van der Waals surface area contributed by atoms with E-state index in [0.717, 1.165) is 49.7 Å². The molecule has 1 aliphatic rings. The lowest BCUT2D eigenvalue weighted by Gasteiger charge is -2.35. The number of nitrogens with one attached hydrogen (secondary N) is 1. The highest BCUT2D eigenvalue weighted by Crippen LogP contribution is 2.27. The maximum Gasteiger partial charge on any atom is 0.220 e. The fraction of sp³-hybridized carbons (Fsp3) is 0.450. The van der Waals surface area contributed by atoms with Crippen LogP contribution in [-0.4, -0.2) is 43.7 Å². The van der Waals surface area contributed by atoms with Gasteiger partial charge in [0, 0.05) is 36.0 Å². The zero-order valence-electron chi connectivity index (χ0n) is 14.8. The molecule has 1 saturated heterocycles. The highest BCUT2D eigenvalue weighted by Gasteiger charge is 2.24. The molecule has 1 atom stereocenters. The third-order valence-corrected chi connectivity index (χ3v) is 5.93. The van der Waals surface area contributed by atoms with Crippen molar-refractivity contribution in [2.45, 2.75) is 25.3 Å².